The lowest BCUT2D eigenvalue weighted by atomic mass is 10.0. The average Bonchev–Trinajstić information content (AvgIpc) is 2.90. The van der Waals surface area contributed by atoms with Crippen molar-refractivity contribution >= 4 is 30.7 Å². The van der Waals surface area contributed by atoms with Gasteiger partial charge in [0.1, 0.15) is 0 Å². The van der Waals surface area contributed by atoms with E-state index in [1.165, 1.54) is 0 Å². The van der Waals surface area contributed by atoms with E-state index >= 15 is 0 Å². The number of carbonyl (C=O) groups is 1. The summed E-state index contributed by atoms with van der Waals surface area (Å²) in [5.74, 6) is 0.510. The molecular weight excluding hydrogens is 325 g/mol. The molecule has 2 fully saturated rings. The molecule has 1 aliphatic heterocycles. The summed E-state index contributed by atoms with van der Waals surface area (Å²) < 4.78 is 5.17. The first kappa shape index (κ1) is 21.9. The van der Waals surface area contributed by atoms with Gasteiger partial charge in [0.15, 0.2) is 0 Å². The maximum absolute atomic E-state index is 12.6. The quantitative estimate of drug-likeness (QED) is 0.812. The van der Waals surface area contributed by atoms with Gasteiger partial charge in [-0.25, -0.2) is 0 Å². The van der Waals surface area contributed by atoms with E-state index in [9.17, 15) is 4.79 Å². The molecule has 3 atom stereocenters. The lowest BCUT2D eigenvalue weighted by Gasteiger charge is -2.42. The normalized spacial score (nSPS) is 28.9. The molecule has 0 aromatic carbocycles. The lowest BCUT2D eigenvalue weighted by molar-refractivity contribution is -0.138. The summed E-state index contributed by atoms with van der Waals surface area (Å²) in [7, 11) is 1.74. The molecule has 2 aliphatic rings. The van der Waals surface area contributed by atoms with E-state index < -0.39 is 0 Å². The molecule has 132 valence electrons. The molecule has 1 aliphatic carbocycles. The van der Waals surface area contributed by atoms with Gasteiger partial charge in [-0.05, 0) is 25.7 Å². The fourth-order valence-electron chi connectivity index (χ4n) is 3.48. The second-order valence-electron chi connectivity index (χ2n) is 6.15. The third-order valence-electron chi connectivity index (χ3n) is 4.79. The number of hydrogen-bond acceptors (Lipinski definition) is 4. The average molecular weight is 356 g/mol. The molecule has 5 nitrogen and oxygen atoms in total. The first-order valence-corrected chi connectivity index (χ1v) is 7.93. The van der Waals surface area contributed by atoms with Crippen LogP contribution in [-0.2, 0) is 9.53 Å². The topological polar surface area (TPSA) is 58.8 Å². The number of nitrogens with zero attached hydrogens (tertiary/aromatic N) is 2. The van der Waals surface area contributed by atoms with Crippen molar-refractivity contribution in [3.05, 3.63) is 0 Å². The number of rotatable bonds is 5. The molecule has 22 heavy (non-hydrogen) atoms. The predicted molar refractivity (Wildman–Crippen MR) is 93.9 cm³/mol. The van der Waals surface area contributed by atoms with Crippen molar-refractivity contribution in [2.75, 3.05) is 39.9 Å². The minimum atomic E-state index is 0. The standard InChI is InChI=1S/C15H29N3O2.2ClH/c1-3-14-11-18(7-6-17(14)8-9-20-2)15(19)12-4-5-13(16)10-12;;/h12-14H,3-11,16H2,1-2H3;2*1H. The summed E-state index contributed by atoms with van der Waals surface area (Å²) >= 11 is 0. The Hall–Kier alpha value is -0.0700. The maximum Gasteiger partial charge on any atom is 0.225 e. The Morgan fingerprint density at radius 1 is 1.27 bits per heavy atom. The Bertz CT molecular complexity index is 334. The summed E-state index contributed by atoms with van der Waals surface area (Å²) in [6.45, 7) is 6.61. The Morgan fingerprint density at radius 2 is 2.00 bits per heavy atom. The van der Waals surface area contributed by atoms with Crippen LogP contribution in [0.5, 0.6) is 0 Å². The van der Waals surface area contributed by atoms with Crippen LogP contribution in [0, 0.1) is 5.92 Å². The zero-order valence-corrected chi connectivity index (χ0v) is 15.3. The molecule has 1 saturated heterocycles. The fraction of sp³-hybridized carbons (Fsp3) is 0.933. The van der Waals surface area contributed by atoms with Gasteiger partial charge in [-0.1, -0.05) is 6.92 Å². The molecule has 0 aromatic rings. The summed E-state index contributed by atoms with van der Waals surface area (Å²) in [4.78, 5) is 17.1. The summed E-state index contributed by atoms with van der Waals surface area (Å²) in [6.07, 6.45) is 3.93. The number of piperazine rings is 1. The maximum atomic E-state index is 12.6. The number of amides is 1. The molecule has 2 rings (SSSR count). The molecule has 0 radical (unpaired) electrons. The largest absolute Gasteiger partial charge is 0.383 e. The van der Waals surface area contributed by atoms with Crippen LogP contribution < -0.4 is 5.73 Å². The van der Waals surface area contributed by atoms with Crippen molar-refractivity contribution in [2.24, 2.45) is 11.7 Å². The third-order valence-corrected chi connectivity index (χ3v) is 4.79. The highest BCUT2D eigenvalue weighted by atomic mass is 35.5. The van der Waals surface area contributed by atoms with E-state index in [0.717, 1.165) is 58.5 Å². The second kappa shape index (κ2) is 10.7. The monoisotopic (exact) mass is 355 g/mol. The number of methoxy groups -OCH3 is 1. The van der Waals surface area contributed by atoms with Gasteiger partial charge in [-0.15, -0.1) is 24.8 Å². The van der Waals surface area contributed by atoms with E-state index in [-0.39, 0.29) is 36.8 Å². The Morgan fingerprint density at radius 3 is 2.55 bits per heavy atom. The van der Waals surface area contributed by atoms with Gasteiger partial charge in [0.2, 0.25) is 5.91 Å². The summed E-state index contributed by atoms with van der Waals surface area (Å²) in [6, 6.07) is 0.701. The minimum absolute atomic E-state index is 0. The highest BCUT2D eigenvalue weighted by molar-refractivity contribution is 5.85. The second-order valence-corrected chi connectivity index (χ2v) is 6.15. The van der Waals surface area contributed by atoms with Crippen LogP contribution in [0.2, 0.25) is 0 Å². The number of ether oxygens (including phenoxy) is 1. The number of carbonyl (C=O) groups excluding carboxylic acids is 1. The van der Waals surface area contributed by atoms with Crippen molar-refractivity contribution in [3.63, 3.8) is 0 Å². The van der Waals surface area contributed by atoms with Crippen LogP contribution in [-0.4, -0.2) is 67.7 Å². The van der Waals surface area contributed by atoms with E-state index in [2.05, 4.69) is 16.7 Å². The van der Waals surface area contributed by atoms with Gasteiger partial charge in [-0.3, -0.25) is 9.69 Å². The van der Waals surface area contributed by atoms with Crippen LogP contribution in [0.15, 0.2) is 0 Å². The summed E-state index contributed by atoms with van der Waals surface area (Å²) in [5, 5.41) is 0. The highest BCUT2D eigenvalue weighted by Gasteiger charge is 2.34. The molecule has 0 bridgehead atoms. The fourth-order valence-corrected chi connectivity index (χ4v) is 3.48. The Balaban J connectivity index is 0.00000220. The first-order valence-electron chi connectivity index (χ1n) is 7.93. The number of halogens is 2. The summed E-state index contributed by atoms with van der Waals surface area (Å²) in [5.41, 5.74) is 5.93. The van der Waals surface area contributed by atoms with Crippen molar-refractivity contribution in [2.45, 2.75) is 44.7 Å². The zero-order valence-electron chi connectivity index (χ0n) is 13.7. The molecule has 1 saturated carbocycles. The van der Waals surface area contributed by atoms with Crippen molar-refractivity contribution in [1.82, 2.24) is 9.80 Å². The molecule has 1 amide bonds. The van der Waals surface area contributed by atoms with E-state index in [1.54, 1.807) is 7.11 Å². The van der Waals surface area contributed by atoms with Crippen LogP contribution in [0.25, 0.3) is 0 Å². The Labute approximate surface area is 146 Å². The van der Waals surface area contributed by atoms with Crippen LogP contribution in [0.1, 0.15) is 32.6 Å². The van der Waals surface area contributed by atoms with E-state index in [4.69, 9.17) is 10.5 Å². The van der Waals surface area contributed by atoms with Crippen LogP contribution in [0.3, 0.4) is 0 Å². The van der Waals surface area contributed by atoms with Crippen LogP contribution in [0.4, 0.5) is 0 Å². The van der Waals surface area contributed by atoms with Crippen LogP contribution >= 0.6 is 24.8 Å². The van der Waals surface area contributed by atoms with Gasteiger partial charge < -0.3 is 15.4 Å². The van der Waals surface area contributed by atoms with Crippen molar-refractivity contribution < 1.29 is 9.53 Å². The molecule has 2 N–H and O–H groups in total. The van der Waals surface area contributed by atoms with Gasteiger partial charge in [-0.2, -0.15) is 0 Å². The smallest absolute Gasteiger partial charge is 0.225 e. The zero-order chi connectivity index (χ0) is 14.5. The van der Waals surface area contributed by atoms with E-state index in [0.29, 0.717) is 11.9 Å². The SMILES string of the molecule is CCC1CN(C(=O)C2CCC(N)C2)CCN1CCOC.Cl.Cl. The molecule has 0 spiro atoms. The van der Waals surface area contributed by atoms with E-state index in [1.807, 2.05) is 0 Å². The number of hydrogen-bond donors (Lipinski definition) is 1. The molecular formula is C15H31Cl2N3O2. The van der Waals surface area contributed by atoms with Crippen molar-refractivity contribution in [1.29, 1.82) is 0 Å². The third kappa shape index (κ3) is 5.53. The van der Waals surface area contributed by atoms with Gasteiger partial charge in [0.05, 0.1) is 6.61 Å². The van der Waals surface area contributed by atoms with Crippen molar-refractivity contribution in [3.8, 4) is 0 Å². The Kier molecular flexibility index (Phi) is 10.6. The molecule has 3 unspecified atom stereocenters. The van der Waals surface area contributed by atoms with Gasteiger partial charge >= 0.3 is 0 Å². The highest BCUT2D eigenvalue weighted by Crippen LogP contribution is 2.27. The molecule has 1 heterocycles. The predicted octanol–water partition coefficient (Wildman–Crippen LogP) is 1.53. The minimum Gasteiger partial charge on any atom is -0.383 e. The lowest BCUT2D eigenvalue weighted by Crippen LogP contribution is -2.56. The van der Waals surface area contributed by atoms with Gasteiger partial charge in [0, 0.05) is 51.3 Å². The molecule has 7 heteroatoms. The number of nitrogens with two attached hydrogens (primary N) is 1. The first-order chi connectivity index (χ1) is 9.65. The molecule has 0 aromatic heterocycles. The van der Waals surface area contributed by atoms with Gasteiger partial charge in [0.25, 0.3) is 0 Å².